The molecule has 8 heteroatoms. The molecule has 2 aromatic rings. The van der Waals surface area contributed by atoms with E-state index in [0.717, 1.165) is 5.56 Å². The van der Waals surface area contributed by atoms with E-state index in [1.807, 2.05) is 6.92 Å². The number of hydrogen-bond donors (Lipinski definition) is 2. The molecule has 2 N–H and O–H groups in total. The Morgan fingerprint density at radius 1 is 1.09 bits per heavy atom. The van der Waals surface area contributed by atoms with Gasteiger partial charge >= 0.3 is 0 Å². The molecule has 7 nitrogen and oxygen atoms in total. The lowest BCUT2D eigenvalue weighted by atomic mass is 10.1. The summed E-state index contributed by atoms with van der Waals surface area (Å²) in [5.41, 5.74) is 4.10. The van der Waals surface area contributed by atoms with Gasteiger partial charge in [-0.25, -0.2) is 13.8 Å². The van der Waals surface area contributed by atoms with Crippen LogP contribution in [-0.2, 0) is 10.0 Å². The summed E-state index contributed by atoms with van der Waals surface area (Å²) >= 11 is 0. The molecular formula is C15H17N3O4S. The fraction of sp³-hybridized carbons (Fsp3) is 0.200. The maximum atomic E-state index is 12.2. The van der Waals surface area contributed by atoms with E-state index < -0.39 is 27.5 Å². The number of nitro groups is 1. The molecule has 0 bridgehead atoms. The van der Waals surface area contributed by atoms with Crippen LogP contribution in [0.2, 0.25) is 0 Å². The SMILES string of the molecule is Cc1ccc(S(=O)(=O)NN[C@@H](C[N+](=O)[O-])c2ccccc2)cc1. The lowest BCUT2D eigenvalue weighted by Crippen LogP contribution is -2.42. The molecule has 0 spiro atoms. The van der Waals surface area contributed by atoms with Crippen molar-refractivity contribution in [3.8, 4) is 0 Å². The molecule has 0 saturated carbocycles. The van der Waals surface area contributed by atoms with Crippen molar-refractivity contribution in [1.29, 1.82) is 0 Å². The van der Waals surface area contributed by atoms with E-state index in [2.05, 4.69) is 10.3 Å². The smallest absolute Gasteiger partial charge is 0.253 e. The van der Waals surface area contributed by atoms with Crippen molar-refractivity contribution in [2.75, 3.05) is 6.54 Å². The van der Waals surface area contributed by atoms with E-state index in [1.165, 1.54) is 12.1 Å². The van der Waals surface area contributed by atoms with E-state index >= 15 is 0 Å². The number of aryl methyl sites for hydroxylation is 1. The van der Waals surface area contributed by atoms with Gasteiger partial charge in [0, 0.05) is 4.92 Å². The van der Waals surface area contributed by atoms with Crippen molar-refractivity contribution < 1.29 is 13.3 Å². The Hall–Kier alpha value is -2.29. The summed E-state index contributed by atoms with van der Waals surface area (Å²) in [6.07, 6.45) is 0. The fourth-order valence-corrected chi connectivity index (χ4v) is 2.90. The van der Waals surface area contributed by atoms with Crippen LogP contribution in [0.25, 0.3) is 0 Å². The maximum absolute atomic E-state index is 12.2. The van der Waals surface area contributed by atoms with Gasteiger partial charge in [-0.2, -0.15) is 0 Å². The zero-order chi connectivity index (χ0) is 16.9. The molecule has 0 fully saturated rings. The molecule has 0 amide bonds. The molecule has 0 aliphatic rings. The van der Waals surface area contributed by atoms with Crippen LogP contribution in [0.1, 0.15) is 17.2 Å². The highest BCUT2D eigenvalue weighted by Gasteiger charge is 2.21. The minimum Gasteiger partial charge on any atom is -0.264 e. The van der Waals surface area contributed by atoms with Gasteiger partial charge in [0.25, 0.3) is 10.0 Å². The van der Waals surface area contributed by atoms with Crippen LogP contribution < -0.4 is 10.3 Å². The minimum atomic E-state index is -3.80. The molecule has 0 radical (unpaired) electrons. The highest BCUT2D eigenvalue weighted by Crippen LogP contribution is 2.14. The van der Waals surface area contributed by atoms with Gasteiger partial charge in [-0.1, -0.05) is 48.0 Å². The van der Waals surface area contributed by atoms with Gasteiger partial charge in [0.05, 0.1) is 4.90 Å². The summed E-state index contributed by atoms with van der Waals surface area (Å²) in [6, 6.07) is 14.2. The lowest BCUT2D eigenvalue weighted by molar-refractivity contribution is -0.484. The van der Waals surface area contributed by atoms with Crippen LogP contribution in [0.4, 0.5) is 0 Å². The second-order valence-electron chi connectivity index (χ2n) is 5.04. The van der Waals surface area contributed by atoms with Crippen molar-refractivity contribution in [1.82, 2.24) is 10.3 Å². The van der Waals surface area contributed by atoms with Crippen LogP contribution in [0.5, 0.6) is 0 Å². The molecule has 23 heavy (non-hydrogen) atoms. The first-order chi connectivity index (χ1) is 10.9. The third kappa shape index (κ3) is 4.85. The molecule has 1 atom stereocenters. The molecule has 0 heterocycles. The Labute approximate surface area is 134 Å². The summed E-state index contributed by atoms with van der Waals surface area (Å²) in [4.78, 5) is 12.6. The van der Waals surface area contributed by atoms with Gasteiger partial charge in [0.1, 0.15) is 6.04 Å². The second kappa shape index (κ2) is 7.32. The van der Waals surface area contributed by atoms with Gasteiger partial charge < -0.3 is 0 Å². The molecule has 122 valence electrons. The highest BCUT2D eigenvalue weighted by atomic mass is 32.2. The first-order valence-electron chi connectivity index (χ1n) is 6.89. The fourth-order valence-electron chi connectivity index (χ4n) is 1.99. The van der Waals surface area contributed by atoms with E-state index in [-0.39, 0.29) is 4.90 Å². The minimum absolute atomic E-state index is 0.0866. The Kier molecular flexibility index (Phi) is 5.43. The number of nitrogens with zero attached hydrogens (tertiary/aromatic N) is 1. The zero-order valence-electron chi connectivity index (χ0n) is 12.5. The largest absolute Gasteiger partial charge is 0.264 e. The molecule has 0 aromatic heterocycles. The summed E-state index contributed by atoms with van der Waals surface area (Å²) in [6.45, 7) is 1.41. The van der Waals surface area contributed by atoms with Gasteiger partial charge in [0.15, 0.2) is 0 Å². The number of hydrogen-bond acceptors (Lipinski definition) is 5. The monoisotopic (exact) mass is 335 g/mol. The van der Waals surface area contributed by atoms with E-state index in [4.69, 9.17) is 0 Å². The molecule has 2 rings (SSSR count). The van der Waals surface area contributed by atoms with E-state index in [9.17, 15) is 18.5 Å². The van der Waals surface area contributed by atoms with Crippen LogP contribution in [0, 0.1) is 17.0 Å². The number of benzene rings is 2. The third-order valence-corrected chi connectivity index (χ3v) is 4.51. The topological polar surface area (TPSA) is 101 Å². The Bertz CT molecular complexity index is 761. The Balaban J connectivity index is 2.14. The van der Waals surface area contributed by atoms with E-state index in [0.29, 0.717) is 5.56 Å². The van der Waals surface area contributed by atoms with Crippen molar-refractivity contribution in [3.63, 3.8) is 0 Å². The Morgan fingerprint density at radius 2 is 1.70 bits per heavy atom. The third-order valence-electron chi connectivity index (χ3n) is 3.23. The summed E-state index contributed by atoms with van der Waals surface area (Å²) in [7, 11) is -3.80. The van der Waals surface area contributed by atoms with Crippen molar-refractivity contribution >= 4 is 10.0 Å². The molecule has 0 unspecified atom stereocenters. The molecule has 0 saturated heterocycles. The maximum Gasteiger partial charge on any atom is 0.253 e. The summed E-state index contributed by atoms with van der Waals surface area (Å²) in [5, 5.41) is 10.8. The van der Waals surface area contributed by atoms with Crippen molar-refractivity contribution in [3.05, 3.63) is 75.8 Å². The van der Waals surface area contributed by atoms with E-state index in [1.54, 1.807) is 42.5 Å². The number of nitrogens with one attached hydrogen (secondary N) is 2. The average Bonchev–Trinajstić information content (AvgIpc) is 2.52. The standard InChI is InChI=1S/C15H17N3O4S/c1-12-7-9-14(10-8-12)23(21,22)17-16-15(11-18(19)20)13-5-3-2-4-6-13/h2-10,15-17H,11H2,1H3/t15-/m0/s1. The van der Waals surface area contributed by atoms with Crippen LogP contribution in [-0.4, -0.2) is 19.9 Å². The number of rotatable bonds is 7. The average molecular weight is 335 g/mol. The van der Waals surface area contributed by atoms with Gasteiger partial charge in [-0.15, -0.1) is 4.83 Å². The summed E-state index contributed by atoms with van der Waals surface area (Å²) in [5.74, 6) is 0. The van der Waals surface area contributed by atoms with Crippen LogP contribution in [0.15, 0.2) is 59.5 Å². The molecular weight excluding hydrogens is 318 g/mol. The number of sulfonamides is 1. The van der Waals surface area contributed by atoms with Gasteiger partial charge in [-0.05, 0) is 24.6 Å². The summed E-state index contributed by atoms with van der Waals surface area (Å²) < 4.78 is 24.4. The first kappa shape index (κ1) is 17.1. The number of hydrazine groups is 1. The van der Waals surface area contributed by atoms with Gasteiger partial charge in [-0.3, -0.25) is 10.1 Å². The van der Waals surface area contributed by atoms with Crippen molar-refractivity contribution in [2.45, 2.75) is 17.9 Å². The predicted molar refractivity (Wildman–Crippen MR) is 85.7 cm³/mol. The predicted octanol–water partition coefficient (Wildman–Crippen LogP) is 1.80. The van der Waals surface area contributed by atoms with Crippen LogP contribution in [0.3, 0.4) is 0 Å². The molecule has 0 aliphatic carbocycles. The quantitative estimate of drug-likeness (QED) is 0.593. The normalized spacial score (nSPS) is 12.7. The lowest BCUT2D eigenvalue weighted by Gasteiger charge is -2.16. The van der Waals surface area contributed by atoms with Crippen molar-refractivity contribution in [2.24, 2.45) is 0 Å². The second-order valence-corrected chi connectivity index (χ2v) is 6.72. The Morgan fingerprint density at radius 3 is 2.26 bits per heavy atom. The first-order valence-corrected chi connectivity index (χ1v) is 8.37. The van der Waals surface area contributed by atoms with Crippen LogP contribution >= 0.6 is 0 Å². The zero-order valence-corrected chi connectivity index (χ0v) is 13.3. The molecule has 0 aliphatic heterocycles. The van der Waals surface area contributed by atoms with Gasteiger partial charge in [0.2, 0.25) is 6.54 Å². The highest BCUT2D eigenvalue weighted by molar-refractivity contribution is 7.89. The molecule has 2 aromatic carbocycles.